The molecular weight excluding hydrogens is 385 g/mol. The molecule has 6 nitrogen and oxygen atoms in total. The number of aryl methyl sites for hydroxylation is 1. The fraction of sp³-hybridized carbons (Fsp3) is 0.286. The Bertz CT molecular complexity index is 654. The molecule has 2 N–H and O–H groups in total. The summed E-state index contributed by atoms with van der Waals surface area (Å²) in [5.41, 5.74) is 7.43. The number of rotatable bonds is 4. The van der Waals surface area contributed by atoms with Crippen molar-refractivity contribution in [2.24, 2.45) is 0 Å². The van der Waals surface area contributed by atoms with Crippen LogP contribution in [0.1, 0.15) is 5.69 Å². The first kappa shape index (κ1) is 15.6. The first-order valence-electron chi connectivity index (χ1n) is 6.12. The standard InChI is InChI=1S/C14H16IN3O3/c1-7-10(15)13(16)18-14(17-7)8-5-6-9(19-2)12(21-4)11(8)20-3/h5-6H,1-4H3,(H2,16,17,18). The number of hydrogen-bond acceptors (Lipinski definition) is 6. The topological polar surface area (TPSA) is 79.5 Å². The summed E-state index contributed by atoms with van der Waals surface area (Å²) in [5.74, 6) is 2.51. The number of methoxy groups -OCH3 is 3. The summed E-state index contributed by atoms with van der Waals surface area (Å²) < 4.78 is 16.9. The molecule has 0 amide bonds. The highest BCUT2D eigenvalue weighted by Crippen LogP contribution is 2.43. The summed E-state index contributed by atoms with van der Waals surface area (Å²) >= 11 is 2.12. The van der Waals surface area contributed by atoms with Crippen LogP contribution in [0.5, 0.6) is 17.2 Å². The van der Waals surface area contributed by atoms with Crippen molar-refractivity contribution in [1.29, 1.82) is 0 Å². The third-order valence-corrected chi connectivity index (χ3v) is 4.32. The Morgan fingerprint density at radius 2 is 1.67 bits per heavy atom. The van der Waals surface area contributed by atoms with E-state index >= 15 is 0 Å². The van der Waals surface area contributed by atoms with Gasteiger partial charge in [-0.15, -0.1) is 0 Å². The molecule has 21 heavy (non-hydrogen) atoms. The van der Waals surface area contributed by atoms with Gasteiger partial charge in [-0.05, 0) is 41.6 Å². The molecule has 0 aliphatic rings. The van der Waals surface area contributed by atoms with Gasteiger partial charge >= 0.3 is 0 Å². The van der Waals surface area contributed by atoms with Crippen LogP contribution in [-0.4, -0.2) is 31.3 Å². The van der Waals surface area contributed by atoms with Gasteiger partial charge < -0.3 is 19.9 Å². The van der Waals surface area contributed by atoms with Gasteiger partial charge in [0.25, 0.3) is 0 Å². The van der Waals surface area contributed by atoms with Crippen molar-refractivity contribution < 1.29 is 14.2 Å². The van der Waals surface area contributed by atoms with Gasteiger partial charge in [0.2, 0.25) is 5.75 Å². The van der Waals surface area contributed by atoms with Gasteiger partial charge in [0.15, 0.2) is 17.3 Å². The Labute approximate surface area is 136 Å². The molecule has 0 spiro atoms. The van der Waals surface area contributed by atoms with Gasteiger partial charge in [-0.25, -0.2) is 9.97 Å². The second-order valence-corrected chi connectivity index (χ2v) is 5.29. The van der Waals surface area contributed by atoms with Crippen LogP contribution in [0.15, 0.2) is 12.1 Å². The maximum atomic E-state index is 5.92. The molecule has 1 aromatic heterocycles. The van der Waals surface area contributed by atoms with Crippen molar-refractivity contribution in [2.75, 3.05) is 27.1 Å². The van der Waals surface area contributed by atoms with Crippen LogP contribution in [-0.2, 0) is 0 Å². The molecule has 1 aromatic carbocycles. The van der Waals surface area contributed by atoms with E-state index in [-0.39, 0.29) is 0 Å². The summed E-state index contributed by atoms with van der Waals surface area (Å²) in [5, 5.41) is 0. The average Bonchev–Trinajstić information content (AvgIpc) is 2.50. The molecule has 0 saturated carbocycles. The Morgan fingerprint density at radius 3 is 2.19 bits per heavy atom. The average molecular weight is 401 g/mol. The molecule has 0 aliphatic carbocycles. The minimum Gasteiger partial charge on any atom is -0.493 e. The van der Waals surface area contributed by atoms with Crippen LogP contribution in [0.2, 0.25) is 0 Å². The zero-order valence-corrected chi connectivity index (χ0v) is 14.4. The lowest BCUT2D eigenvalue weighted by Gasteiger charge is -2.15. The van der Waals surface area contributed by atoms with Crippen molar-refractivity contribution in [3.63, 3.8) is 0 Å². The van der Waals surface area contributed by atoms with E-state index in [1.165, 1.54) is 0 Å². The number of ether oxygens (including phenoxy) is 3. The van der Waals surface area contributed by atoms with Crippen molar-refractivity contribution in [3.8, 4) is 28.6 Å². The Balaban J connectivity index is 2.69. The minimum absolute atomic E-state index is 0.440. The number of halogens is 1. The molecule has 2 aromatic rings. The monoisotopic (exact) mass is 401 g/mol. The third kappa shape index (κ3) is 2.82. The smallest absolute Gasteiger partial charge is 0.204 e. The van der Waals surface area contributed by atoms with E-state index in [2.05, 4.69) is 32.6 Å². The van der Waals surface area contributed by atoms with E-state index in [4.69, 9.17) is 19.9 Å². The lowest BCUT2D eigenvalue weighted by molar-refractivity contribution is 0.325. The van der Waals surface area contributed by atoms with Crippen molar-refractivity contribution in [1.82, 2.24) is 9.97 Å². The Hall–Kier alpha value is -1.77. The van der Waals surface area contributed by atoms with Gasteiger partial charge in [0, 0.05) is 0 Å². The Kier molecular flexibility index (Phi) is 4.71. The van der Waals surface area contributed by atoms with Gasteiger partial charge in [0.1, 0.15) is 5.82 Å². The molecule has 0 fully saturated rings. The molecule has 0 aliphatic heterocycles. The molecular formula is C14H16IN3O3. The number of nitrogens with zero attached hydrogens (tertiary/aromatic N) is 2. The van der Waals surface area contributed by atoms with E-state index in [1.807, 2.05) is 13.0 Å². The maximum absolute atomic E-state index is 5.92. The summed E-state index contributed by atoms with van der Waals surface area (Å²) in [6, 6.07) is 3.60. The fourth-order valence-electron chi connectivity index (χ4n) is 1.98. The molecule has 0 saturated heterocycles. The van der Waals surface area contributed by atoms with E-state index in [1.54, 1.807) is 27.4 Å². The van der Waals surface area contributed by atoms with E-state index in [0.29, 0.717) is 34.5 Å². The number of nitrogens with two attached hydrogens (primary N) is 1. The van der Waals surface area contributed by atoms with Crippen molar-refractivity contribution >= 4 is 28.4 Å². The number of aromatic nitrogens is 2. The zero-order valence-electron chi connectivity index (χ0n) is 12.2. The van der Waals surface area contributed by atoms with Crippen molar-refractivity contribution in [3.05, 3.63) is 21.4 Å². The van der Waals surface area contributed by atoms with Gasteiger partial charge in [-0.1, -0.05) is 0 Å². The van der Waals surface area contributed by atoms with Crippen LogP contribution in [0.25, 0.3) is 11.4 Å². The quantitative estimate of drug-likeness (QED) is 0.794. The Morgan fingerprint density at radius 1 is 1.00 bits per heavy atom. The molecule has 0 bridgehead atoms. The SMILES string of the molecule is COc1ccc(-c2nc(C)c(I)c(N)n2)c(OC)c1OC. The van der Waals surface area contributed by atoms with Crippen molar-refractivity contribution in [2.45, 2.75) is 6.92 Å². The molecule has 0 unspecified atom stereocenters. The zero-order chi connectivity index (χ0) is 15.6. The molecule has 0 atom stereocenters. The number of nitrogen functional groups attached to an aromatic ring is 1. The fourth-order valence-corrected chi connectivity index (χ4v) is 2.22. The molecule has 7 heteroatoms. The third-order valence-electron chi connectivity index (χ3n) is 2.99. The van der Waals surface area contributed by atoms with Gasteiger partial charge in [0.05, 0.1) is 36.2 Å². The normalized spacial score (nSPS) is 10.3. The second-order valence-electron chi connectivity index (χ2n) is 4.21. The number of anilines is 1. The molecule has 1 heterocycles. The second kappa shape index (κ2) is 6.33. The largest absolute Gasteiger partial charge is 0.493 e. The predicted octanol–water partition coefficient (Wildman–Crippen LogP) is 2.66. The van der Waals surface area contributed by atoms with E-state index < -0.39 is 0 Å². The minimum atomic E-state index is 0.440. The first-order chi connectivity index (χ1) is 10.0. The molecule has 2 rings (SSSR count). The summed E-state index contributed by atoms with van der Waals surface area (Å²) in [6.07, 6.45) is 0. The number of hydrogen-bond donors (Lipinski definition) is 1. The summed E-state index contributed by atoms with van der Waals surface area (Å²) in [7, 11) is 4.68. The van der Waals surface area contributed by atoms with Crippen LogP contribution in [0.3, 0.4) is 0 Å². The molecule has 0 radical (unpaired) electrons. The van der Waals surface area contributed by atoms with Gasteiger partial charge in [-0.3, -0.25) is 0 Å². The van der Waals surface area contributed by atoms with Crippen LogP contribution in [0.4, 0.5) is 5.82 Å². The van der Waals surface area contributed by atoms with Crippen LogP contribution < -0.4 is 19.9 Å². The highest BCUT2D eigenvalue weighted by Gasteiger charge is 2.19. The van der Waals surface area contributed by atoms with Crippen LogP contribution >= 0.6 is 22.6 Å². The summed E-state index contributed by atoms with van der Waals surface area (Å²) in [4.78, 5) is 8.79. The lowest BCUT2D eigenvalue weighted by Crippen LogP contribution is -2.04. The first-order valence-corrected chi connectivity index (χ1v) is 7.20. The highest BCUT2D eigenvalue weighted by atomic mass is 127. The number of benzene rings is 1. The van der Waals surface area contributed by atoms with Crippen LogP contribution in [0, 0.1) is 10.5 Å². The highest BCUT2D eigenvalue weighted by molar-refractivity contribution is 14.1. The maximum Gasteiger partial charge on any atom is 0.204 e. The lowest BCUT2D eigenvalue weighted by atomic mass is 10.1. The van der Waals surface area contributed by atoms with Gasteiger partial charge in [-0.2, -0.15) is 0 Å². The summed E-state index contributed by atoms with van der Waals surface area (Å²) in [6.45, 7) is 1.89. The van der Waals surface area contributed by atoms with E-state index in [0.717, 1.165) is 9.26 Å². The molecule has 112 valence electrons. The van der Waals surface area contributed by atoms with E-state index in [9.17, 15) is 0 Å². The predicted molar refractivity (Wildman–Crippen MR) is 89.0 cm³/mol.